The summed E-state index contributed by atoms with van der Waals surface area (Å²) >= 11 is 5.79. The zero-order valence-corrected chi connectivity index (χ0v) is 13.1. The maximum absolute atomic E-state index is 12.2. The fraction of sp³-hybridized carbons (Fsp3) is 0.467. The molecule has 1 aromatic carbocycles. The lowest BCUT2D eigenvalue weighted by Crippen LogP contribution is -2.49. The van der Waals surface area contributed by atoms with E-state index in [0.29, 0.717) is 17.2 Å². The summed E-state index contributed by atoms with van der Waals surface area (Å²) in [5, 5.41) is 12.0. The van der Waals surface area contributed by atoms with Gasteiger partial charge in [0.1, 0.15) is 5.75 Å². The van der Waals surface area contributed by atoms with Crippen LogP contribution in [-0.2, 0) is 9.59 Å². The van der Waals surface area contributed by atoms with Gasteiger partial charge in [0.2, 0.25) is 0 Å². The van der Waals surface area contributed by atoms with Crippen molar-refractivity contribution in [1.82, 2.24) is 5.32 Å². The van der Waals surface area contributed by atoms with Gasteiger partial charge in [-0.1, -0.05) is 11.6 Å². The fourth-order valence-corrected chi connectivity index (χ4v) is 1.78. The fourth-order valence-electron chi connectivity index (χ4n) is 1.65. The van der Waals surface area contributed by atoms with Crippen LogP contribution in [0.4, 0.5) is 0 Å². The summed E-state index contributed by atoms with van der Waals surface area (Å²) in [6.45, 7) is 5.07. The van der Waals surface area contributed by atoms with E-state index in [0.717, 1.165) is 0 Å². The van der Waals surface area contributed by atoms with Crippen LogP contribution in [0.5, 0.6) is 5.75 Å². The van der Waals surface area contributed by atoms with Crippen LogP contribution in [0, 0.1) is 0 Å². The second-order valence-electron chi connectivity index (χ2n) is 5.37. The van der Waals surface area contributed by atoms with E-state index in [1.165, 1.54) is 0 Å². The lowest BCUT2D eigenvalue weighted by molar-refractivity contribution is -0.138. The molecule has 1 aromatic rings. The molecule has 6 heteroatoms. The van der Waals surface area contributed by atoms with E-state index in [-0.39, 0.29) is 18.4 Å². The average molecular weight is 314 g/mol. The van der Waals surface area contributed by atoms with Gasteiger partial charge < -0.3 is 15.2 Å². The Morgan fingerprint density at radius 3 is 2.43 bits per heavy atom. The molecule has 0 aliphatic carbocycles. The van der Waals surface area contributed by atoms with Gasteiger partial charge in [-0.25, -0.2) is 0 Å². The van der Waals surface area contributed by atoms with Crippen LogP contribution in [0.1, 0.15) is 33.6 Å². The third-order valence-electron chi connectivity index (χ3n) is 2.90. The highest BCUT2D eigenvalue weighted by Crippen LogP contribution is 2.21. The number of nitrogens with one attached hydrogen (secondary N) is 1. The molecule has 0 bridgehead atoms. The average Bonchev–Trinajstić information content (AvgIpc) is 2.39. The van der Waals surface area contributed by atoms with Gasteiger partial charge in [-0.2, -0.15) is 0 Å². The van der Waals surface area contributed by atoms with E-state index in [2.05, 4.69) is 5.32 Å². The monoisotopic (exact) mass is 313 g/mol. The number of carboxylic acid groups (broad SMARTS) is 1. The normalized spacial score (nSPS) is 12.6. The summed E-state index contributed by atoms with van der Waals surface area (Å²) < 4.78 is 5.66. The summed E-state index contributed by atoms with van der Waals surface area (Å²) in [6.07, 6.45) is 0.387. The molecule has 0 aliphatic heterocycles. The van der Waals surface area contributed by atoms with E-state index >= 15 is 0 Å². The Bertz CT molecular complexity index is 499. The molecule has 5 nitrogen and oxygen atoms in total. The Hall–Kier alpha value is -1.75. The van der Waals surface area contributed by atoms with Crippen molar-refractivity contribution in [3.8, 4) is 5.75 Å². The molecule has 116 valence electrons. The Labute approximate surface area is 129 Å². The van der Waals surface area contributed by atoms with Gasteiger partial charge >= 0.3 is 5.97 Å². The van der Waals surface area contributed by atoms with E-state index in [4.69, 9.17) is 21.4 Å². The number of halogens is 1. The van der Waals surface area contributed by atoms with Crippen LogP contribution in [0.25, 0.3) is 0 Å². The van der Waals surface area contributed by atoms with Crippen molar-refractivity contribution in [2.75, 3.05) is 0 Å². The minimum Gasteiger partial charge on any atom is -0.481 e. The Morgan fingerprint density at radius 2 is 1.90 bits per heavy atom. The summed E-state index contributed by atoms with van der Waals surface area (Å²) in [5.74, 6) is -0.638. The molecule has 1 rings (SSSR count). The second kappa shape index (κ2) is 7.31. The van der Waals surface area contributed by atoms with Crippen LogP contribution in [0.3, 0.4) is 0 Å². The van der Waals surface area contributed by atoms with Crippen molar-refractivity contribution in [2.45, 2.75) is 45.3 Å². The Kier molecular flexibility index (Phi) is 6.03. The summed E-state index contributed by atoms with van der Waals surface area (Å²) in [7, 11) is 0. The highest BCUT2D eigenvalue weighted by Gasteiger charge is 2.30. The van der Waals surface area contributed by atoms with Gasteiger partial charge in [0.15, 0.2) is 5.60 Å². The van der Waals surface area contributed by atoms with E-state index in [9.17, 15) is 9.59 Å². The molecular formula is C15H20ClNO4. The zero-order valence-electron chi connectivity index (χ0n) is 12.4. The third kappa shape index (κ3) is 6.04. The van der Waals surface area contributed by atoms with Crippen LogP contribution in [0.2, 0.25) is 5.02 Å². The molecule has 1 unspecified atom stereocenters. The molecule has 0 fully saturated rings. The van der Waals surface area contributed by atoms with Crippen molar-refractivity contribution in [1.29, 1.82) is 0 Å². The Balaban J connectivity index is 2.58. The number of benzene rings is 1. The lowest BCUT2D eigenvalue weighted by Gasteiger charge is -2.27. The molecular weight excluding hydrogens is 294 g/mol. The first-order chi connectivity index (χ1) is 9.70. The maximum Gasteiger partial charge on any atom is 0.303 e. The predicted octanol–water partition coefficient (Wildman–Crippen LogP) is 2.87. The van der Waals surface area contributed by atoms with Crippen molar-refractivity contribution in [3.05, 3.63) is 29.3 Å². The molecule has 21 heavy (non-hydrogen) atoms. The molecule has 0 heterocycles. The molecule has 0 saturated heterocycles. The highest BCUT2D eigenvalue weighted by atomic mass is 35.5. The Morgan fingerprint density at radius 1 is 1.33 bits per heavy atom. The number of carboxylic acids is 1. The van der Waals surface area contributed by atoms with Crippen LogP contribution >= 0.6 is 11.6 Å². The SMILES string of the molecule is CC(CCC(=O)O)NC(=O)C(C)(C)Oc1ccc(Cl)cc1. The largest absolute Gasteiger partial charge is 0.481 e. The maximum atomic E-state index is 12.2. The molecule has 0 spiro atoms. The number of carbonyl (C=O) groups excluding carboxylic acids is 1. The summed E-state index contributed by atoms with van der Waals surface area (Å²) in [4.78, 5) is 22.7. The number of hydrogen-bond acceptors (Lipinski definition) is 3. The smallest absolute Gasteiger partial charge is 0.303 e. The van der Waals surface area contributed by atoms with E-state index < -0.39 is 11.6 Å². The first kappa shape index (κ1) is 17.3. The first-order valence-electron chi connectivity index (χ1n) is 6.68. The van der Waals surface area contributed by atoms with E-state index in [1.807, 2.05) is 0 Å². The third-order valence-corrected chi connectivity index (χ3v) is 3.15. The number of ether oxygens (including phenoxy) is 1. The summed E-state index contributed by atoms with van der Waals surface area (Å²) in [5.41, 5.74) is -1.06. The number of amides is 1. The number of carbonyl (C=O) groups is 2. The molecule has 0 aromatic heterocycles. The number of aliphatic carboxylic acids is 1. The number of rotatable bonds is 7. The van der Waals surface area contributed by atoms with Gasteiger partial charge in [-0.15, -0.1) is 0 Å². The van der Waals surface area contributed by atoms with Crippen LogP contribution in [-0.4, -0.2) is 28.6 Å². The van der Waals surface area contributed by atoms with Crippen molar-refractivity contribution in [3.63, 3.8) is 0 Å². The topological polar surface area (TPSA) is 75.6 Å². The second-order valence-corrected chi connectivity index (χ2v) is 5.81. The highest BCUT2D eigenvalue weighted by molar-refractivity contribution is 6.30. The predicted molar refractivity (Wildman–Crippen MR) is 80.6 cm³/mol. The minimum absolute atomic E-state index is 0.0138. The minimum atomic E-state index is -1.06. The van der Waals surface area contributed by atoms with Crippen LogP contribution in [0.15, 0.2) is 24.3 Å². The summed E-state index contributed by atoms with van der Waals surface area (Å²) in [6, 6.07) is 6.50. The van der Waals surface area contributed by atoms with Gasteiger partial charge in [-0.3, -0.25) is 9.59 Å². The zero-order chi connectivity index (χ0) is 16.0. The van der Waals surface area contributed by atoms with Crippen molar-refractivity contribution in [2.24, 2.45) is 0 Å². The van der Waals surface area contributed by atoms with Gasteiger partial charge in [-0.05, 0) is 51.5 Å². The standard InChI is InChI=1S/C15H20ClNO4/c1-10(4-9-13(18)19)17-14(20)15(2,3)21-12-7-5-11(16)6-8-12/h5-8,10H,4,9H2,1-3H3,(H,17,20)(H,18,19). The molecule has 0 saturated carbocycles. The molecule has 1 amide bonds. The molecule has 1 atom stereocenters. The number of hydrogen-bond donors (Lipinski definition) is 2. The van der Waals surface area contributed by atoms with Crippen LogP contribution < -0.4 is 10.1 Å². The van der Waals surface area contributed by atoms with E-state index in [1.54, 1.807) is 45.0 Å². The molecule has 2 N–H and O–H groups in total. The van der Waals surface area contributed by atoms with Gasteiger partial charge in [0.25, 0.3) is 5.91 Å². The quantitative estimate of drug-likeness (QED) is 0.811. The van der Waals surface area contributed by atoms with Gasteiger partial charge in [0, 0.05) is 17.5 Å². The van der Waals surface area contributed by atoms with Crippen molar-refractivity contribution < 1.29 is 19.4 Å². The molecule has 0 radical (unpaired) electrons. The molecule has 0 aliphatic rings. The van der Waals surface area contributed by atoms with Gasteiger partial charge in [0.05, 0.1) is 0 Å². The first-order valence-corrected chi connectivity index (χ1v) is 7.06. The lowest BCUT2D eigenvalue weighted by atomic mass is 10.1. The van der Waals surface area contributed by atoms with Crippen molar-refractivity contribution >= 4 is 23.5 Å².